The topological polar surface area (TPSA) is 111 Å². The van der Waals surface area contributed by atoms with Gasteiger partial charge in [-0.05, 0) is 293 Å². The summed E-state index contributed by atoms with van der Waals surface area (Å²) >= 11 is 0. The van der Waals surface area contributed by atoms with Crippen molar-refractivity contribution in [3.8, 4) is 0 Å². The van der Waals surface area contributed by atoms with E-state index in [-0.39, 0.29) is 0 Å². The first-order valence-corrected chi connectivity index (χ1v) is 60.8. The van der Waals surface area contributed by atoms with Gasteiger partial charge in [-0.1, -0.05) is 364 Å². The van der Waals surface area contributed by atoms with Crippen LogP contribution in [0.5, 0.6) is 0 Å². The molecule has 2 aliphatic heterocycles. The lowest BCUT2D eigenvalue weighted by molar-refractivity contribution is 0.0129. The maximum atomic E-state index is 5.95. The number of unbranched alkanes of at least 4 members (excludes halogenated alkanes) is 1. The molecule has 12 nitrogen and oxygen atoms in total. The fraction of sp³-hybridized carbons (Fsp3) is 0.744. The van der Waals surface area contributed by atoms with Gasteiger partial charge in [-0.15, -0.1) is 0 Å². The molecule has 0 aliphatic carbocycles. The Bertz CT molecular complexity index is 3330. The third-order valence-corrected chi connectivity index (χ3v) is 30.1. The van der Waals surface area contributed by atoms with E-state index in [1.165, 1.54) is 243 Å². The van der Waals surface area contributed by atoms with Crippen molar-refractivity contribution in [3.05, 3.63) is 151 Å². The first-order chi connectivity index (χ1) is 64.5. The van der Waals surface area contributed by atoms with Crippen LogP contribution in [0.1, 0.15) is 377 Å². The van der Waals surface area contributed by atoms with Crippen molar-refractivity contribution < 1.29 is 14.2 Å². The molecule has 4 aromatic carbocycles. The van der Waals surface area contributed by atoms with Crippen molar-refractivity contribution in [1.82, 2.24) is 39.1 Å². The lowest BCUT2D eigenvalue weighted by Crippen LogP contribution is -2.44. The molecule has 6 aromatic rings. The van der Waals surface area contributed by atoms with Crippen LogP contribution in [0.2, 0.25) is 0 Å². The van der Waals surface area contributed by atoms with E-state index in [4.69, 9.17) is 19.9 Å². The number of anilines is 1. The van der Waals surface area contributed by atoms with Crippen LogP contribution < -0.4 is 11.1 Å². The summed E-state index contributed by atoms with van der Waals surface area (Å²) in [5.74, 6) is 13.2. The summed E-state index contributed by atoms with van der Waals surface area (Å²) in [5.41, 5.74) is 10.9. The summed E-state index contributed by atoms with van der Waals surface area (Å²) in [5, 5.41) is 3.39. The summed E-state index contributed by atoms with van der Waals surface area (Å²) in [4.78, 5) is 20.6. The molecular formula is C117H217N9O3S6. The van der Waals surface area contributed by atoms with Crippen molar-refractivity contribution in [3.63, 3.8) is 0 Å². The van der Waals surface area contributed by atoms with Crippen LogP contribution in [0.4, 0.5) is 5.69 Å². The fourth-order valence-corrected chi connectivity index (χ4v) is 20.3. The molecule has 0 saturated carbocycles. The van der Waals surface area contributed by atoms with Gasteiger partial charge in [0.15, 0.2) is 0 Å². The minimum Gasteiger partial charge on any atom is -0.398 e. The number of piperazine rings is 1. The van der Waals surface area contributed by atoms with E-state index in [0.29, 0.717) is 44.2 Å². The summed E-state index contributed by atoms with van der Waals surface area (Å²) in [6.45, 7) is 87.1. The van der Waals surface area contributed by atoms with Crippen LogP contribution in [-0.2, 0) is 27.3 Å². The number of likely N-dealkylation sites (tertiary alicyclic amines) is 1. The van der Waals surface area contributed by atoms with Gasteiger partial charge in [0.2, 0.25) is 0 Å². The molecule has 4 heterocycles. The molecular weight excluding hydrogens is 1770 g/mol. The highest BCUT2D eigenvalue weighted by Gasteiger charge is 2.15. The smallest absolute Gasteiger partial charge is 0.0945 e. The largest absolute Gasteiger partial charge is 0.398 e. The van der Waals surface area contributed by atoms with E-state index < -0.39 is 0 Å². The van der Waals surface area contributed by atoms with E-state index in [9.17, 15) is 0 Å². The first-order valence-electron chi connectivity index (χ1n) is 54.0. The molecule has 0 spiro atoms. The van der Waals surface area contributed by atoms with Gasteiger partial charge in [-0.25, -0.2) is 9.97 Å². The Kier molecular flexibility index (Phi) is 96.5. The van der Waals surface area contributed by atoms with Gasteiger partial charge < -0.3 is 49.1 Å². The number of imidazole rings is 2. The Labute approximate surface area is 862 Å². The molecule has 0 radical (unpaired) electrons. The lowest BCUT2D eigenvalue weighted by Gasteiger charge is -2.32. The van der Waals surface area contributed by atoms with E-state index in [2.05, 4.69) is 333 Å². The molecule has 2 aliphatic rings. The number of hydrogen-bond donors (Lipinski definition) is 2. The second-order valence-electron chi connectivity index (χ2n) is 41.7. The molecule has 18 heteroatoms. The number of nitrogens with two attached hydrogens (primary N) is 1. The van der Waals surface area contributed by atoms with Gasteiger partial charge in [-0.2, -0.15) is 0 Å². The monoisotopic (exact) mass is 1990 g/mol. The molecule has 8 rings (SSSR count). The predicted octanol–water partition coefficient (Wildman–Crippen LogP) is 35.6. The molecule has 2 saturated heterocycles. The Balaban J connectivity index is -0.00000143. The molecule has 2 atom stereocenters. The van der Waals surface area contributed by atoms with Crippen LogP contribution in [0.3, 0.4) is 0 Å². The van der Waals surface area contributed by atoms with E-state index in [1.54, 1.807) is 21.6 Å². The number of hydrogen-bond acceptors (Lipinski definition) is 16. The van der Waals surface area contributed by atoms with Crippen LogP contribution in [0.15, 0.2) is 154 Å². The summed E-state index contributed by atoms with van der Waals surface area (Å²) in [7, 11) is 13.4. The SMILES string of the molecule is CC(C)CCCN1CCCC1.CC(C)CCCN1CCN(C)CC1.CC(C)CCCn1ccnc1.CC(C)CCn1ccnc1.CC(C)c1ccccc1SSc1ccccc1N.CCC(C)CCC(C)C.CCCCC(C)CC(C)C.CCCNCCCC(C)C.CCCOCCOCCOCCC(C)C.CCCSSCCC(C)C.Cc1ccc(SSc2ccc(C(C)C)cc2)cc1. The number of aryl methyl sites for hydroxylation is 3. The summed E-state index contributed by atoms with van der Waals surface area (Å²) in [6, 6.07) is 34.1. The van der Waals surface area contributed by atoms with Crippen LogP contribution >= 0.6 is 64.8 Å². The zero-order valence-electron chi connectivity index (χ0n) is 93.5. The zero-order valence-corrected chi connectivity index (χ0v) is 98.4. The van der Waals surface area contributed by atoms with Gasteiger partial charge in [0, 0.05) is 114 Å². The summed E-state index contributed by atoms with van der Waals surface area (Å²) < 4.78 is 20.3. The number of para-hydroxylation sites is 1. The second kappa shape index (κ2) is 95.7. The number of aromatic nitrogens is 4. The third kappa shape index (κ3) is 94.3. The van der Waals surface area contributed by atoms with Crippen molar-refractivity contribution >= 4 is 70.5 Å². The number of likely N-dealkylation sites (N-methyl/N-ethyl adjacent to an activating group) is 1. The first kappa shape index (κ1) is 136. The number of nitrogens with zero attached hydrogens (tertiary/aromatic N) is 7. The zero-order chi connectivity index (χ0) is 101. The average molecular weight is 1990 g/mol. The third-order valence-electron chi connectivity index (χ3n) is 22.6. The molecule has 0 bridgehead atoms. The quantitative estimate of drug-likeness (QED) is 0.0214. The molecule has 2 aromatic heterocycles. The number of nitrogen functional groups attached to an aromatic ring is 1. The van der Waals surface area contributed by atoms with Gasteiger partial charge in [0.25, 0.3) is 0 Å². The number of benzene rings is 4. The maximum Gasteiger partial charge on any atom is 0.0945 e. The molecule has 135 heavy (non-hydrogen) atoms. The highest BCUT2D eigenvalue weighted by Crippen LogP contribution is 2.43. The Morgan fingerprint density at radius 1 is 0.370 bits per heavy atom. The van der Waals surface area contributed by atoms with Crippen molar-refractivity contribution in [2.45, 2.75) is 400 Å². The molecule has 784 valence electrons. The van der Waals surface area contributed by atoms with Gasteiger partial charge in [0.05, 0.1) is 39.1 Å². The normalized spacial score (nSPS) is 13.1. The van der Waals surface area contributed by atoms with Gasteiger partial charge in [-0.3, -0.25) is 0 Å². The Morgan fingerprint density at radius 2 is 0.830 bits per heavy atom. The Hall–Kier alpha value is -3.08. The van der Waals surface area contributed by atoms with E-state index in [0.717, 1.165) is 109 Å². The van der Waals surface area contributed by atoms with E-state index >= 15 is 0 Å². The minimum absolute atomic E-state index is 0.544. The summed E-state index contributed by atoms with van der Waals surface area (Å²) in [6.07, 6.45) is 42.2. The van der Waals surface area contributed by atoms with E-state index in [1.807, 2.05) is 98.8 Å². The molecule has 0 amide bonds. The number of ether oxygens (including phenoxy) is 3. The lowest BCUT2D eigenvalue weighted by atomic mass is 9.94. The second-order valence-corrected chi connectivity index (χ2v) is 48.9. The molecule has 2 fully saturated rings. The van der Waals surface area contributed by atoms with Crippen molar-refractivity contribution in [1.29, 1.82) is 0 Å². The van der Waals surface area contributed by atoms with Crippen molar-refractivity contribution in [2.24, 2.45) is 65.1 Å². The highest BCUT2D eigenvalue weighted by atomic mass is 33.1. The number of nitrogens with one attached hydrogen (secondary N) is 1. The Morgan fingerprint density at radius 3 is 1.29 bits per heavy atom. The molecule has 3 N–H and O–H groups in total. The van der Waals surface area contributed by atoms with Crippen LogP contribution in [0, 0.1) is 72.0 Å². The maximum absolute atomic E-state index is 5.95. The predicted molar refractivity (Wildman–Crippen MR) is 618 cm³/mol. The molecule has 2 unspecified atom stereocenters. The fourth-order valence-electron chi connectivity index (χ4n) is 13.5. The number of rotatable bonds is 55. The van der Waals surface area contributed by atoms with Gasteiger partial charge in [0.1, 0.15) is 0 Å². The van der Waals surface area contributed by atoms with Crippen LogP contribution in [0.25, 0.3) is 0 Å². The standard InChI is InChI=1S/C16H18S2.C15H17NS2.C12H26O3.C11H24N2.C10H21N.C10H22.C9H16N2.C9H21N.C9H20.C8H14N2.C8H18S2/c1-12(2)14-6-10-16(11-7-14)18-17-15-8-4-13(3)5-9-15;1-11(2)12-7-3-5-9-14(12)17-18-15-10-6-4-8-13(15)16;1-4-6-13-8-10-15-11-9-14-7-5-12(2)3;1-11(2)5-4-6-13-9-7-12(3)8-10-13;1-10(2)6-5-9-11-7-3-4-8-11;1-5-6-7-10(4)8-9(2)3;1-9(2)4-3-6-11-7-5-10-8-11;1-4-7-10-8-5-6-9(2)3;1-5-9(4)7-6-8(2)3;1-8(2)3-5-10-6-4-9-7-10;1-4-6-9-10-7-5-8(2)3/h4-12H,1-3H3;3-11H,16H2,1-2H3;12H,4-11H2,1-3H3;11H,4-10H2,1-3H3;10H,3-9H2,1-2H3;9-10H,5-8H2,1-4H3;5,7-9H,3-4,6H2,1-2H3;9-10H,4-8H2,1-3H3;8-9H,5-7H2,1-4H3;4,6-8H,3,5H2,1-2H3;8H,4-7H2,1-3H3. The minimum atomic E-state index is 0.544. The van der Waals surface area contributed by atoms with Gasteiger partial charge >= 0.3 is 0 Å². The average Bonchev–Trinajstić information content (AvgIpc) is 1.30. The van der Waals surface area contributed by atoms with Crippen molar-refractivity contribution in [2.75, 3.05) is 129 Å². The highest BCUT2D eigenvalue weighted by molar-refractivity contribution is 8.77. The van der Waals surface area contributed by atoms with Crippen LogP contribution in [-0.4, -0.2) is 157 Å².